The molecular weight excluding hydrogens is 370 g/mol. The van der Waals surface area contributed by atoms with Gasteiger partial charge in [0, 0.05) is 19.7 Å². The first kappa shape index (κ1) is 18.1. The summed E-state index contributed by atoms with van der Waals surface area (Å²) in [4.78, 5) is 8.31. The van der Waals surface area contributed by atoms with Crippen molar-refractivity contribution < 1.29 is 17.7 Å². The van der Waals surface area contributed by atoms with Crippen LogP contribution in [-0.2, 0) is 28.2 Å². The van der Waals surface area contributed by atoms with Gasteiger partial charge in [-0.3, -0.25) is 0 Å². The van der Waals surface area contributed by atoms with Crippen molar-refractivity contribution in [1.82, 2.24) is 24.4 Å². The average molecular weight is 391 g/mol. The minimum atomic E-state index is -3.72. The molecule has 1 aliphatic heterocycles. The monoisotopic (exact) mass is 391 g/mol. The molecule has 0 spiro atoms. The van der Waals surface area contributed by atoms with Gasteiger partial charge in [0.15, 0.2) is 0 Å². The maximum atomic E-state index is 12.9. The molecule has 3 aromatic rings. The van der Waals surface area contributed by atoms with E-state index in [-0.39, 0.29) is 17.0 Å². The van der Waals surface area contributed by atoms with E-state index in [2.05, 4.69) is 19.8 Å². The second kappa shape index (κ2) is 7.02. The number of hydrogen-bond acceptors (Lipinski definition) is 7. The Morgan fingerprint density at radius 1 is 1.37 bits per heavy atom. The number of sulfonamides is 1. The fraction of sp³-hybridized carbons (Fsp3) is 0.471. The number of fused-ring (bicyclic) bond motifs is 1. The molecular formula is C17H21N5O4S. The molecule has 1 N–H and O–H groups in total. The van der Waals surface area contributed by atoms with Gasteiger partial charge in [-0.1, -0.05) is 12.1 Å². The Labute approximate surface area is 156 Å². The second-order valence-corrected chi connectivity index (χ2v) is 8.35. The van der Waals surface area contributed by atoms with Crippen molar-refractivity contribution in [1.29, 1.82) is 0 Å². The van der Waals surface area contributed by atoms with E-state index < -0.39 is 10.0 Å². The summed E-state index contributed by atoms with van der Waals surface area (Å²) in [6, 6.07) is 1.34. The molecule has 0 radical (unpaired) electrons. The van der Waals surface area contributed by atoms with Crippen LogP contribution in [0.1, 0.15) is 37.3 Å². The van der Waals surface area contributed by atoms with Crippen molar-refractivity contribution in [3.63, 3.8) is 0 Å². The molecule has 1 saturated heterocycles. The Morgan fingerprint density at radius 2 is 2.22 bits per heavy atom. The fourth-order valence-electron chi connectivity index (χ4n) is 3.34. The number of aryl methyl sites for hydroxylation is 2. The third kappa shape index (κ3) is 3.47. The van der Waals surface area contributed by atoms with Crippen LogP contribution in [0, 0.1) is 0 Å². The Hall–Kier alpha value is -2.30. The van der Waals surface area contributed by atoms with Crippen LogP contribution in [0.25, 0.3) is 11.1 Å². The van der Waals surface area contributed by atoms with Crippen LogP contribution in [0.2, 0.25) is 0 Å². The molecule has 4 heterocycles. The van der Waals surface area contributed by atoms with Crippen LogP contribution in [0.3, 0.4) is 0 Å². The van der Waals surface area contributed by atoms with Crippen molar-refractivity contribution in [2.45, 2.75) is 43.2 Å². The third-order valence-electron chi connectivity index (χ3n) is 4.81. The van der Waals surface area contributed by atoms with Gasteiger partial charge in [-0.05, 0) is 25.3 Å². The lowest BCUT2D eigenvalue weighted by Crippen LogP contribution is -2.40. The number of hydrogen-bond donors (Lipinski definition) is 1. The van der Waals surface area contributed by atoms with E-state index in [1.165, 1.54) is 6.20 Å². The number of pyridine rings is 1. The van der Waals surface area contributed by atoms with Gasteiger partial charge in [0.1, 0.15) is 11.0 Å². The zero-order chi connectivity index (χ0) is 19.0. The van der Waals surface area contributed by atoms with E-state index in [1.54, 1.807) is 18.6 Å². The summed E-state index contributed by atoms with van der Waals surface area (Å²) in [6.07, 6.45) is 6.35. The van der Waals surface area contributed by atoms with Crippen molar-refractivity contribution in [3.05, 3.63) is 36.2 Å². The van der Waals surface area contributed by atoms with Crippen molar-refractivity contribution in [2.24, 2.45) is 7.05 Å². The lowest BCUT2D eigenvalue weighted by molar-refractivity contribution is -0.0000446. The number of aromatic nitrogens is 4. The smallest absolute Gasteiger partial charge is 0.258 e. The molecule has 0 aliphatic carbocycles. The molecule has 27 heavy (non-hydrogen) atoms. The molecule has 0 aromatic carbocycles. The summed E-state index contributed by atoms with van der Waals surface area (Å²) in [6.45, 7) is 2.41. The maximum Gasteiger partial charge on any atom is 0.258 e. The minimum Gasteiger partial charge on any atom is -0.372 e. The van der Waals surface area contributed by atoms with Gasteiger partial charge < -0.3 is 13.8 Å². The van der Waals surface area contributed by atoms with E-state index in [9.17, 15) is 8.42 Å². The van der Waals surface area contributed by atoms with Crippen molar-refractivity contribution in [2.75, 3.05) is 6.61 Å². The van der Waals surface area contributed by atoms with E-state index in [4.69, 9.17) is 9.26 Å². The zero-order valence-corrected chi connectivity index (χ0v) is 15.9. The van der Waals surface area contributed by atoms with Gasteiger partial charge in [0.05, 0.1) is 35.5 Å². The average Bonchev–Trinajstić information content (AvgIpc) is 3.26. The molecule has 1 aliphatic rings. The predicted molar refractivity (Wildman–Crippen MR) is 96.4 cm³/mol. The molecule has 0 amide bonds. The Balaban J connectivity index is 1.55. The third-order valence-corrected chi connectivity index (χ3v) is 6.30. The summed E-state index contributed by atoms with van der Waals surface area (Å²) >= 11 is 0. The maximum absolute atomic E-state index is 12.9. The lowest BCUT2D eigenvalue weighted by atomic mass is 10.0. The van der Waals surface area contributed by atoms with Crippen molar-refractivity contribution in [3.8, 4) is 0 Å². The number of nitrogens with zero attached hydrogens (tertiary/aromatic N) is 4. The van der Waals surface area contributed by atoms with Gasteiger partial charge in [0.25, 0.3) is 5.71 Å². The van der Waals surface area contributed by atoms with Crippen LogP contribution in [-0.4, -0.2) is 40.8 Å². The summed E-state index contributed by atoms with van der Waals surface area (Å²) in [5.74, 6) is 0. The minimum absolute atomic E-state index is 0.108. The highest BCUT2D eigenvalue weighted by molar-refractivity contribution is 7.89. The van der Waals surface area contributed by atoms with Gasteiger partial charge >= 0.3 is 0 Å². The highest BCUT2D eigenvalue weighted by Crippen LogP contribution is 2.29. The van der Waals surface area contributed by atoms with Crippen LogP contribution < -0.4 is 4.72 Å². The molecule has 2 atom stereocenters. The molecule has 1 fully saturated rings. The molecule has 4 rings (SSSR count). The molecule has 9 nitrogen and oxygen atoms in total. The summed E-state index contributed by atoms with van der Waals surface area (Å²) in [5, 5.41) is 4.55. The molecule has 0 saturated carbocycles. The van der Waals surface area contributed by atoms with Crippen LogP contribution in [0.5, 0.6) is 0 Å². The van der Waals surface area contributed by atoms with E-state index in [0.717, 1.165) is 5.69 Å². The first-order chi connectivity index (χ1) is 13.0. The quantitative estimate of drug-likeness (QED) is 0.704. The largest absolute Gasteiger partial charge is 0.372 e. The lowest BCUT2D eigenvalue weighted by Gasteiger charge is -2.30. The Bertz CT molecular complexity index is 1060. The van der Waals surface area contributed by atoms with Crippen molar-refractivity contribution >= 4 is 21.1 Å². The highest BCUT2D eigenvalue weighted by Gasteiger charge is 2.29. The molecule has 0 bridgehead atoms. The van der Waals surface area contributed by atoms with E-state index >= 15 is 0 Å². The molecule has 144 valence electrons. The summed E-state index contributed by atoms with van der Waals surface area (Å²) in [5.41, 5.74) is 1.96. The first-order valence-electron chi connectivity index (χ1n) is 8.82. The van der Waals surface area contributed by atoms with Crippen LogP contribution >= 0.6 is 0 Å². The van der Waals surface area contributed by atoms with E-state index in [0.29, 0.717) is 42.7 Å². The number of rotatable bonds is 5. The SMILES string of the molecule is CCc1noc2ncc(S(=O)(=O)N[C@H]3CCO[C@@H](c4cncn4C)C3)cc12. The summed E-state index contributed by atoms with van der Waals surface area (Å²) in [7, 11) is -1.82. The van der Waals surface area contributed by atoms with E-state index in [1.807, 2.05) is 18.5 Å². The van der Waals surface area contributed by atoms with Crippen LogP contribution in [0.4, 0.5) is 0 Å². The topological polar surface area (TPSA) is 112 Å². The first-order valence-corrected chi connectivity index (χ1v) is 10.3. The predicted octanol–water partition coefficient (Wildman–Crippen LogP) is 1.72. The molecule has 10 heteroatoms. The van der Waals surface area contributed by atoms with Gasteiger partial charge in [-0.15, -0.1) is 0 Å². The van der Waals surface area contributed by atoms with Crippen LogP contribution in [0.15, 0.2) is 34.2 Å². The normalized spacial score (nSPS) is 21.0. The Morgan fingerprint density at radius 3 is 2.96 bits per heavy atom. The zero-order valence-electron chi connectivity index (χ0n) is 15.1. The Kier molecular flexibility index (Phi) is 4.70. The number of ether oxygens (including phenoxy) is 1. The molecule has 0 unspecified atom stereocenters. The number of imidazole rings is 1. The molecule has 3 aromatic heterocycles. The van der Waals surface area contributed by atoms with Gasteiger partial charge in [0.2, 0.25) is 10.0 Å². The standard InChI is InChI=1S/C17H21N5O4S/c1-3-14-13-7-12(8-19-17(13)26-20-14)27(23,24)21-11-4-5-25-16(6-11)15-9-18-10-22(15)2/h7-11,16,21H,3-6H2,1-2H3/t11-,16+/m0/s1. The highest BCUT2D eigenvalue weighted by atomic mass is 32.2. The second-order valence-electron chi connectivity index (χ2n) is 6.64. The summed E-state index contributed by atoms with van der Waals surface area (Å²) < 4.78 is 41.3. The van der Waals surface area contributed by atoms with Gasteiger partial charge in [-0.25, -0.2) is 23.1 Å². The number of nitrogens with one attached hydrogen (secondary N) is 1. The fourth-order valence-corrected chi connectivity index (χ4v) is 4.59. The van der Waals surface area contributed by atoms with Gasteiger partial charge in [-0.2, -0.15) is 0 Å².